The van der Waals surface area contributed by atoms with Gasteiger partial charge in [0.2, 0.25) is 5.91 Å². The Morgan fingerprint density at radius 1 is 1.62 bits per heavy atom. The monoisotopic (exact) mass is 153 g/mol. The summed E-state index contributed by atoms with van der Waals surface area (Å²) in [5.74, 6) is -0.191. The zero-order chi connectivity index (χ0) is 6.57. The van der Waals surface area contributed by atoms with Crippen molar-refractivity contribution in [2.45, 2.75) is 6.92 Å². The van der Waals surface area contributed by atoms with Crippen molar-refractivity contribution in [3.05, 3.63) is 10.7 Å². The highest BCUT2D eigenvalue weighted by Crippen LogP contribution is 2.02. The topological polar surface area (TPSA) is 29.1 Å². The fourth-order valence-electron chi connectivity index (χ4n) is 0.156. The van der Waals surface area contributed by atoms with Gasteiger partial charge in [0.05, 0.1) is 0 Å². The Bertz CT molecular complexity index is 117. The van der Waals surface area contributed by atoms with E-state index in [1.54, 1.807) is 0 Å². The lowest BCUT2D eigenvalue weighted by Crippen LogP contribution is -2.11. The van der Waals surface area contributed by atoms with E-state index < -0.39 is 0 Å². The maximum Gasteiger partial charge on any atom is 0.220 e. The highest BCUT2D eigenvalue weighted by Gasteiger charge is 1.84. The van der Waals surface area contributed by atoms with Crippen LogP contribution in [0, 0.1) is 0 Å². The largest absolute Gasteiger partial charge is 0.331 e. The van der Waals surface area contributed by atoms with Crippen LogP contribution in [0.3, 0.4) is 0 Å². The van der Waals surface area contributed by atoms with Crippen LogP contribution < -0.4 is 5.32 Å². The molecule has 0 radical (unpaired) electrons. The molecule has 0 aromatic rings. The van der Waals surface area contributed by atoms with Gasteiger partial charge in [-0.2, -0.15) is 0 Å². The third-order valence-corrected chi connectivity index (χ3v) is 0.603. The molecule has 0 aliphatic heterocycles. The molecule has 0 rings (SSSR count). The Balaban J connectivity index is 3.45. The van der Waals surface area contributed by atoms with E-state index in [1.165, 1.54) is 13.1 Å². The summed E-state index contributed by atoms with van der Waals surface area (Å²) in [7, 11) is 0. The first-order valence-electron chi connectivity index (χ1n) is 1.91. The van der Waals surface area contributed by atoms with Crippen LogP contribution in [-0.2, 0) is 4.79 Å². The minimum atomic E-state index is -0.191. The fraction of sp³-hybridized carbons (Fsp3) is 0.250. The van der Waals surface area contributed by atoms with E-state index in [4.69, 9.17) is 23.2 Å². The first-order chi connectivity index (χ1) is 3.63. The molecule has 2 nitrogen and oxygen atoms in total. The van der Waals surface area contributed by atoms with Gasteiger partial charge in [-0.1, -0.05) is 23.2 Å². The first-order valence-corrected chi connectivity index (χ1v) is 2.67. The van der Waals surface area contributed by atoms with Crippen LogP contribution in [0.2, 0.25) is 0 Å². The van der Waals surface area contributed by atoms with E-state index in [0.29, 0.717) is 0 Å². The van der Waals surface area contributed by atoms with E-state index in [9.17, 15) is 4.79 Å². The van der Waals surface area contributed by atoms with Gasteiger partial charge in [0, 0.05) is 13.1 Å². The third kappa shape index (κ3) is 5.79. The predicted octanol–water partition coefficient (Wildman–Crippen LogP) is 1.40. The van der Waals surface area contributed by atoms with Crippen LogP contribution >= 0.6 is 23.2 Å². The molecule has 0 aromatic carbocycles. The standard InChI is InChI=1S/C4H5Cl2NO/c1-3(8)7-2-4(5)6/h2H,1H3,(H,7,8). The Hall–Kier alpha value is -0.210. The summed E-state index contributed by atoms with van der Waals surface area (Å²) in [5, 5.41) is 2.28. The van der Waals surface area contributed by atoms with Gasteiger partial charge >= 0.3 is 0 Å². The lowest BCUT2D eigenvalue weighted by atomic mass is 10.7. The van der Waals surface area contributed by atoms with Gasteiger partial charge in [0.1, 0.15) is 4.49 Å². The first kappa shape index (κ1) is 7.79. The van der Waals surface area contributed by atoms with Gasteiger partial charge in [0.25, 0.3) is 0 Å². The summed E-state index contributed by atoms with van der Waals surface area (Å²) in [6.07, 6.45) is 1.21. The van der Waals surface area contributed by atoms with Crippen molar-refractivity contribution in [1.82, 2.24) is 5.32 Å². The molecule has 0 saturated carbocycles. The number of amides is 1. The molecule has 4 heteroatoms. The Kier molecular flexibility index (Phi) is 3.65. The minimum Gasteiger partial charge on any atom is -0.331 e. The van der Waals surface area contributed by atoms with Gasteiger partial charge in [-0.3, -0.25) is 4.79 Å². The number of halogens is 2. The fourth-order valence-corrected chi connectivity index (χ4v) is 0.265. The molecule has 8 heavy (non-hydrogen) atoms. The molecule has 1 amide bonds. The number of rotatable bonds is 1. The van der Waals surface area contributed by atoms with Gasteiger partial charge < -0.3 is 5.32 Å². The summed E-state index contributed by atoms with van der Waals surface area (Å²) < 4.78 is 0.0419. The molecule has 0 aromatic heterocycles. The van der Waals surface area contributed by atoms with Crippen molar-refractivity contribution in [2.75, 3.05) is 0 Å². The van der Waals surface area contributed by atoms with Gasteiger partial charge in [-0.25, -0.2) is 0 Å². The average Bonchev–Trinajstić information content (AvgIpc) is 1.61. The molecule has 0 unspecified atom stereocenters. The van der Waals surface area contributed by atoms with Gasteiger partial charge in [-0.05, 0) is 0 Å². The number of hydrogen-bond donors (Lipinski definition) is 1. The molecule has 0 fully saturated rings. The zero-order valence-corrected chi connectivity index (χ0v) is 5.75. The van der Waals surface area contributed by atoms with Crippen LogP contribution in [0.25, 0.3) is 0 Å². The molecule has 0 aliphatic rings. The second-order valence-corrected chi connectivity index (χ2v) is 2.14. The van der Waals surface area contributed by atoms with Gasteiger partial charge in [-0.15, -0.1) is 0 Å². The van der Waals surface area contributed by atoms with E-state index in [1.807, 2.05) is 0 Å². The Morgan fingerprint density at radius 3 is 2.25 bits per heavy atom. The van der Waals surface area contributed by atoms with Crippen molar-refractivity contribution in [2.24, 2.45) is 0 Å². The summed E-state index contributed by atoms with van der Waals surface area (Å²) >= 11 is 10.3. The van der Waals surface area contributed by atoms with Crippen LogP contribution in [0.4, 0.5) is 0 Å². The van der Waals surface area contributed by atoms with E-state index >= 15 is 0 Å². The van der Waals surface area contributed by atoms with E-state index in [2.05, 4.69) is 5.32 Å². The Morgan fingerprint density at radius 2 is 2.12 bits per heavy atom. The molecule has 1 N–H and O–H groups in total. The molecule has 0 saturated heterocycles. The lowest BCUT2D eigenvalue weighted by Gasteiger charge is -1.87. The molecule has 46 valence electrons. The summed E-state index contributed by atoms with van der Waals surface area (Å²) in [5.41, 5.74) is 0. The van der Waals surface area contributed by atoms with Crippen molar-refractivity contribution in [3.8, 4) is 0 Å². The maximum atomic E-state index is 10.1. The predicted molar refractivity (Wildman–Crippen MR) is 33.6 cm³/mol. The van der Waals surface area contributed by atoms with Crippen molar-refractivity contribution in [3.63, 3.8) is 0 Å². The van der Waals surface area contributed by atoms with Crippen LogP contribution in [0.5, 0.6) is 0 Å². The highest BCUT2D eigenvalue weighted by molar-refractivity contribution is 6.55. The third-order valence-electron chi connectivity index (χ3n) is 0.385. The van der Waals surface area contributed by atoms with E-state index in [-0.39, 0.29) is 10.4 Å². The molecule has 0 spiro atoms. The van der Waals surface area contributed by atoms with Gasteiger partial charge in [0.15, 0.2) is 0 Å². The number of carbonyl (C=O) groups excluding carboxylic acids is 1. The average molecular weight is 154 g/mol. The number of carbonyl (C=O) groups is 1. The zero-order valence-electron chi connectivity index (χ0n) is 4.24. The molecule has 0 bridgehead atoms. The van der Waals surface area contributed by atoms with E-state index in [0.717, 1.165) is 0 Å². The number of nitrogens with one attached hydrogen (secondary N) is 1. The Labute approximate surface area is 57.5 Å². The summed E-state index contributed by atoms with van der Waals surface area (Å²) in [6, 6.07) is 0. The SMILES string of the molecule is CC(=O)NC=C(Cl)Cl. The van der Waals surface area contributed by atoms with Crippen molar-refractivity contribution in [1.29, 1.82) is 0 Å². The second-order valence-electron chi connectivity index (χ2n) is 1.13. The highest BCUT2D eigenvalue weighted by atomic mass is 35.5. The molecular weight excluding hydrogens is 149 g/mol. The summed E-state index contributed by atoms with van der Waals surface area (Å²) in [6.45, 7) is 1.37. The number of hydrogen-bond acceptors (Lipinski definition) is 1. The molecular formula is C4H5Cl2NO. The normalized spacial score (nSPS) is 7.88. The van der Waals surface area contributed by atoms with Crippen LogP contribution in [0.1, 0.15) is 6.92 Å². The van der Waals surface area contributed by atoms with Crippen LogP contribution in [-0.4, -0.2) is 5.91 Å². The second kappa shape index (κ2) is 3.75. The van der Waals surface area contributed by atoms with Crippen molar-refractivity contribution < 1.29 is 4.79 Å². The lowest BCUT2D eigenvalue weighted by molar-refractivity contribution is -0.118. The molecule has 0 aliphatic carbocycles. The van der Waals surface area contributed by atoms with Crippen molar-refractivity contribution >= 4 is 29.1 Å². The maximum absolute atomic E-state index is 10.1. The smallest absolute Gasteiger partial charge is 0.220 e. The van der Waals surface area contributed by atoms with Crippen LogP contribution in [0.15, 0.2) is 10.7 Å². The summed E-state index contributed by atoms with van der Waals surface area (Å²) in [4.78, 5) is 10.1. The molecule has 0 atom stereocenters. The quantitative estimate of drug-likeness (QED) is 0.607. The molecule has 0 heterocycles. The minimum absolute atomic E-state index is 0.0419.